The van der Waals surface area contributed by atoms with Gasteiger partial charge in [0.1, 0.15) is 0 Å². The van der Waals surface area contributed by atoms with Gasteiger partial charge in [-0.2, -0.15) is 0 Å². The van der Waals surface area contributed by atoms with Crippen LogP contribution in [0.25, 0.3) is 0 Å². The summed E-state index contributed by atoms with van der Waals surface area (Å²) >= 11 is 0. The van der Waals surface area contributed by atoms with E-state index < -0.39 is 5.41 Å². The second-order valence-corrected chi connectivity index (χ2v) is 7.10. The molecule has 6 nitrogen and oxygen atoms in total. The Morgan fingerprint density at radius 3 is 2.64 bits per heavy atom. The number of nitrogens with one attached hydrogen (secondary N) is 2. The van der Waals surface area contributed by atoms with Crippen molar-refractivity contribution in [3.63, 3.8) is 0 Å². The summed E-state index contributed by atoms with van der Waals surface area (Å²) < 4.78 is 5.35. The largest absolute Gasteiger partial charge is 0.381 e. The second-order valence-electron chi connectivity index (χ2n) is 7.10. The summed E-state index contributed by atoms with van der Waals surface area (Å²) in [6.07, 6.45) is 4.41. The molecule has 1 heterocycles. The Labute approximate surface area is 148 Å². The Morgan fingerprint density at radius 2 is 2.00 bits per heavy atom. The summed E-state index contributed by atoms with van der Waals surface area (Å²) in [4.78, 5) is 24.7. The van der Waals surface area contributed by atoms with E-state index in [4.69, 9.17) is 10.5 Å². The number of carbonyl (C=O) groups is 2. The average molecular weight is 345 g/mol. The molecule has 0 spiro atoms. The van der Waals surface area contributed by atoms with E-state index in [9.17, 15) is 9.59 Å². The molecule has 2 aliphatic rings. The van der Waals surface area contributed by atoms with Gasteiger partial charge in [-0.25, -0.2) is 0 Å². The topological polar surface area (TPSA) is 93.5 Å². The van der Waals surface area contributed by atoms with Gasteiger partial charge in [-0.3, -0.25) is 9.59 Å². The van der Waals surface area contributed by atoms with Crippen LogP contribution in [0.5, 0.6) is 0 Å². The molecule has 1 aliphatic heterocycles. The van der Waals surface area contributed by atoms with Crippen LogP contribution in [0.15, 0.2) is 24.3 Å². The fourth-order valence-corrected chi connectivity index (χ4v) is 3.33. The highest BCUT2D eigenvalue weighted by Gasteiger charge is 2.38. The molecule has 4 N–H and O–H groups in total. The van der Waals surface area contributed by atoms with Gasteiger partial charge >= 0.3 is 0 Å². The maximum Gasteiger partial charge on any atom is 0.227 e. The van der Waals surface area contributed by atoms with Gasteiger partial charge in [-0.05, 0) is 43.4 Å². The molecular weight excluding hydrogens is 318 g/mol. The normalized spacial score (nSPS) is 19.7. The van der Waals surface area contributed by atoms with Crippen LogP contribution in [0.2, 0.25) is 0 Å². The zero-order valence-corrected chi connectivity index (χ0v) is 14.6. The van der Waals surface area contributed by atoms with Crippen LogP contribution in [0.4, 0.5) is 5.69 Å². The number of benzene rings is 1. The van der Waals surface area contributed by atoms with E-state index in [1.807, 2.05) is 24.3 Å². The highest BCUT2D eigenvalue weighted by molar-refractivity contribution is 5.93. The van der Waals surface area contributed by atoms with Crippen LogP contribution in [-0.4, -0.2) is 31.6 Å². The average Bonchev–Trinajstić information content (AvgIpc) is 2.59. The van der Waals surface area contributed by atoms with Gasteiger partial charge in [0.15, 0.2) is 0 Å². The lowest BCUT2D eigenvalue weighted by molar-refractivity contribution is -0.136. The van der Waals surface area contributed by atoms with Gasteiger partial charge in [0.05, 0.1) is 5.41 Å². The van der Waals surface area contributed by atoms with E-state index in [-0.39, 0.29) is 17.7 Å². The van der Waals surface area contributed by atoms with Gasteiger partial charge in [0.25, 0.3) is 0 Å². The number of nitrogens with two attached hydrogens (primary N) is 1. The lowest BCUT2D eigenvalue weighted by Gasteiger charge is -2.34. The molecule has 0 radical (unpaired) electrons. The molecule has 136 valence electrons. The standard InChI is InChI=1S/C19H27N3O3/c20-13-19(7-9-25-10-8-19)18(24)21-12-14-3-1-6-16(11-14)22-17(23)15-4-2-5-15/h1,3,6,11,15H,2,4-5,7-10,12-13,20H2,(H,21,24)(H,22,23). The number of hydrogen-bond acceptors (Lipinski definition) is 4. The van der Waals surface area contributed by atoms with Crippen molar-refractivity contribution in [1.29, 1.82) is 0 Å². The molecule has 1 aromatic rings. The van der Waals surface area contributed by atoms with Crippen LogP contribution >= 0.6 is 0 Å². The summed E-state index contributed by atoms with van der Waals surface area (Å²) in [6.45, 7) is 1.91. The molecule has 25 heavy (non-hydrogen) atoms. The quantitative estimate of drug-likeness (QED) is 0.733. The second kappa shape index (κ2) is 7.97. The van der Waals surface area contributed by atoms with Crippen LogP contribution in [0.1, 0.15) is 37.7 Å². The van der Waals surface area contributed by atoms with E-state index in [2.05, 4.69) is 10.6 Å². The summed E-state index contributed by atoms with van der Waals surface area (Å²) in [5.74, 6) is 0.236. The Morgan fingerprint density at radius 1 is 1.24 bits per heavy atom. The fourth-order valence-electron chi connectivity index (χ4n) is 3.33. The number of rotatable bonds is 6. The van der Waals surface area contributed by atoms with Crippen molar-refractivity contribution in [2.45, 2.75) is 38.6 Å². The van der Waals surface area contributed by atoms with Crippen molar-refractivity contribution in [2.24, 2.45) is 17.1 Å². The van der Waals surface area contributed by atoms with Crippen LogP contribution in [0.3, 0.4) is 0 Å². The lowest BCUT2D eigenvalue weighted by Crippen LogP contribution is -2.48. The van der Waals surface area contributed by atoms with E-state index in [1.54, 1.807) is 0 Å². The predicted octanol–water partition coefficient (Wildman–Crippen LogP) is 1.80. The number of carbonyl (C=O) groups excluding carboxylic acids is 2. The fraction of sp³-hybridized carbons (Fsp3) is 0.579. The number of amides is 2. The van der Waals surface area contributed by atoms with E-state index in [0.29, 0.717) is 39.1 Å². The first-order valence-electron chi connectivity index (χ1n) is 9.09. The maximum atomic E-state index is 12.6. The molecule has 6 heteroatoms. The molecule has 2 fully saturated rings. The molecule has 1 saturated carbocycles. The molecule has 2 amide bonds. The van der Waals surface area contributed by atoms with Crippen LogP contribution in [0, 0.1) is 11.3 Å². The molecule has 1 aliphatic carbocycles. The predicted molar refractivity (Wildman–Crippen MR) is 95.8 cm³/mol. The van der Waals surface area contributed by atoms with Crippen molar-refractivity contribution < 1.29 is 14.3 Å². The van der Waals surface area contributed by atoms with Crippen LogP contribution < -0.4 is 16.4 Å². The highest BCUT2D eigenvalue weighted by Crippen LogP contribution is 2.30. The third kappa shape index (κ3) is 4.19. The Balaban J connectivity index is 1.56. The third-order valence-electron chi connectivity index (χ3n) is 5.45. The molecular formula is C19H27N3O3. The first-order valence-corrected chi connectivity index (χ1v) is 9.09. The smallest absolute Gasteiger partial charge is 0.227 e. The number of anilines is 1. The van der Waals surface area contributed by atoms with Gasteiger partial charge in [0, 0.05) is 37.9 Å². The van der Waals surface area contributed by atoms with Crippen molar-refractivity contribution >= 4 is 17.5 Å². The molecule has 0 aromatic heterocycles. The Hall–Kier alpha value is -1.92. The minimum Gasteiger partial charge on any atom is -0.381 e. The molecule has 1 saturated heterocycles. The van der Waals surface area contributed by atoms with Crippen LogP contribution in [-0.2, 0) is 20.9 Å². The summed E-state index contributed by atoms with van der Waals surface area (Å²) in [5, 5.41) is 5.96. The molecule has 0 atom stereocenters. The maximum absolute atomic E-state index is 12.6. The monoisotopic (exact) mass is 345 g/mol. The van der Waals surface area contributed by atoms with Crippen molar-refractivity contribution in [3.8, 4) is 0 Å². The molecule has 3 rings (SSSR count). The zero-order chi connectivity index (χ0) is 17.7. The summed E-state index contributed by atoms with van der Waals surface area (Å²) in [6, 6.07) is 7.63. The minimum atomic E-state index is -0.520. The van der Waals surface area contributed by atoms with E-state index >= 15 is 0 Å². The van der Waals surface area contributed by atoms with Crippen molar-refractivity contribution in [3.05, 3.63) is 29.8 Å². The zero-order valence-electron chi connectivity index (χ0n) is 14.6. The molecule has 1 aromatic carbocycles. The minimum absolute atomic E-state index is 0.0118. The van der Waals surface area contributed by atoms with Crippen molar-refractivity contribution in [1.82, 2.24) is 5.32 Å². The van der Waals surface area contributed by atoms with Gasteiger partial charge in [-0.1, -0.05) is 18.6 Å². The van der Waals surface area contributed by atoms with E-state index in [1.165, 1.54) is 0 Å². The van der Waals surface area contributed by atoms with Gasteiger partial charge in [-0.15, -0.1) is 0 Å². The number of ether oxygens (including phenoxy) is 1. The molecule has 0 bridgehead atoms. The highest BCUT2D eigenvalue weighted by atomic mass is 16.5. The first kappa shape index (κ1) is 17.9. The summed E-state index contributed by atoms with van der Waals surface area (Å²) in [5.41, 5.74) is 7.09. The molecule has 0 unspecified atom stereocenters. The Bertz CT molecular complexity index is 622. The van der Waals surface area contributed by atoms with Gasteiger partial charge in [0.2, 0.25) is 11.8 Å². The van der Waals surface area contributed by atoms with Gasteiger partial charge < -0.3 is 21.1 Å². The summed E-state index contributed by atoms with van der Waals surface area (Å²) in [7, 11) is 0. The first-order chi connectivity index (χ1) is 12.1. The van der Waals surface area contributed by atoms with E-state index in [0.717, 1.165) is 30.5 Å². The lowest BCUT2D eigenvalue weighted by atomic mass is 9.79. The SMILES string of the molecule is NCC1(C(=O)NCc2cccc(NC(=O)C3CCC3)c2)CCOCC1. The number of hydrogen-bond donors (Lipinski definition) is 3. The van der Waals surface area contributed by atoms with Crippen molar-refractivity contribution in [2.75, 3.05) is 25.1 Å². The third-order valence-corrected chi connectivity index (χ3v) is 5.45. The Kier molecular flexibility index (Phi) is 5.71.